The van der Waals surface area contributed by atoms with E-state index in [1.807, 2.05) is 18.2 Å². The Hall–Kier alpha value is -1.50. The van der Waals surface area contributed by atoms with Crippen molar-refractivity contribution in [2.24, 2.45) is 0 Å². The SMILES string of the molecule is [c]1[c]ccc(-c2ccco2)[c]1. The second-order valence-corrected chi connectivity index (χ2v) is 2.12. The average Bonchev–Trinajstić information content (AvgIpc) is 2.58. The van der Waals surface area contributed by atoms with Gasteiger partial charge in [-0.1, -0.05) is 6.07 Å². The van der Waals surface area contributed by atoms with Gasteiger partial charge in [0.05, 0.1) is 6.26 Å². The molecule has 0 saturated heterocycles. The zero-order valence-electron chi connectivity index (χ0n) is 5.79. The van der Waals surface area contributed by atoms with Gasteiger partial charge in [-0.25, -0.2) is 0 Å². The van der Waals surface area contributed by atoms with Crippen molar-refractivity contribution in [3.63, 3.8) is 0 Å². The van der Waals surface area contributed by atoms with Crippen LogP contribution >= 0.6 is 0 Å². The van der Waals surface area contributed by atoms with Crippen molar-refractivity contribution in [1.82, 2.24) is 0 Å². The highest BCUT2D eigenvalue weighted by molar-refractivity contribution is 5.55. The molecule has 0 aliphatic carbocycles. The predicted octanol–water partition coefficient (Wildman–Crippen LogP) is 2.35. The third kappa shape index (κ3) is 1.17. The molecule has 51 valence electrons. The average molecular weight is 141 g/mol. The summed E-state index contributed by atoms with van der Waals surface area (Å²) in [4.78, 5) is 0. The molecular weight excluding hydrogens is 136 g/mol. The largest absolute Gasteiger partial charge is 0.464 e. The first-order valence-electron chi connectivity index (χ1n) is 3.31. The van der Waals surface area contributed by atoms with Crippen molar-refractivity contribution in [2.45, 2.75) is 0 Å². The summed E-state index contributed by atoms with van der Waals surface area (Å²) < 4.78 is 5.15. The molecule has 0 spiro atoms. The van der Waals surface area contributed by atoms with Gasteiger partial charge in [0.15, 0.2) is 0 Å². The molecule has 0 atom stereocenters. The van der Waals surface area contributed by atoms with Gasteiger partial charge in [-0.3, -0.25) is 0 Å². The molecule has 1 heterocycles. The standard InChI is InChI=1S/C10H5O/c1-2-5-9(6-3-1)10-7-4-8-11-10/h2,4-5,7-8H. The van der Waals surface area contributed by atoms with Crippen LogP contribution in [0.15, 0.2) is 34.9 Å². The first-order valence-corrected chi connectivity index (χ1v) is 3.31. The number of benzene rings is 1. The van der Waals surface area contributed by atoms with Crippen LogP contribution < -0.4 is 0 Å². The third-order valence-electron chi connectivity index (χ3n) is 1.39. The maximum Gasteiger partial charge on any atom is 0.134 e. The van der Waals surface area contributed by atoms with Gasteiger partial charge in [0.2, 0.25) is 0 Å². The Balaban J connectivity index is 2.46. The molecule has 0 bridgehead atoms. The van der Waals surface area contributed by atoms with Gasteiger partial charge in [-0.2, -0.15) is 0 Å². The van der Waals surface area contributed by atoms with E-state index in [1.165, 1.54) is 0 Å². The van der Waals surface area contributed by atoms with Gasteiger partial charge in [-0.15, -0.1) is 0 Å². The minimum absolute atomic E-state index is 0.815. The van der Waals surface area contributed by atoms with Crippen molar-refractivity contribution in [2.75, 3.05) is 0 Å². The van der Waals surface area contributed by atoms with Gasteiger partial charge in [0, 0.05) is 11.6 Å². The van der Waals surface area contributed by atoms with Gasteiger partial charge in [0.25, 0.3) is 0 Å². The van der Waals surface area contributed by atoms with Crippen LogP contribution in [0.2, 0.25) is 0 Å². The van der Waals surface area contributed by atoms with Crippen LogP contribution in [0.4, 0.5) is 0 Å². The topological polar surface area (TPSA) is 13.1 Å². The van der Waals surface area contributed by atoms with Gasteiger partial charge in [-0.05, 0) is 30.3 Å². The zero-order chi connectivity index (χ0) is 7.52. The molecule has 1 aromatic heterocycles. The van der Waals surface area contributed by atoms with E-state index in [0.717, 1.165) is 11.3 Å². The summed E-state index contributed by atoms with van der Waals surface area (Å²) in [6, 6.07) is 15.8. The minimum atomic E-state index is 0.815. The minimum Gasteiger partial charge on any atom is -0.464 e. The molecule has 1 aromatic carbocycles. The Morgan fingerprint density at radius 1 is 1.27 bits per heavy atom. The fourth-order valence-electron chi connectivity index (χ4n) is 0.887. The highest BCUT2D eigenvalue weighted by Crippen LogP contribution is 2.17. The molecule has 3 radical (unpaired) electrons. The van der Waals surface area contributed by atoms with E-state index in [4.69, 9.17) is 4.42 Å². The monoisotopic (exact) mass is 141 g/mol. The molecule has 0 amide bonds. The maximum absolute atomic E-state index is 5.15. The lowest BCUT2D eigenvalue weighted by Gasteiger charge is -1.91. The van der Waals surface area contributed by atoms with Crippen LogP contribution in [0.3, 0.4) is 0 Å². The van der Waals surface area contributed by atoms with Crippen molar-refractivity contribution >= 4 is 0 Å². The summed E-state index contributed by atoms with van der Waals surface area (Å²) in [6.07, 6.45) is 1.64. The van der Waals surface area contributed by atoms with Crippen LogP contribution in [0, 0.1) is 18.2 Å². The number of hydrogen-bond donors (Lipinski definition) is 0. The molecule has 0 unspecified atom stereocenters. The Morgan fingerprint density at radius 3 is 2.91 bits per heavy atom. The molecule has 1 nitrogen and oxygen atoms in total. The molecule has 0 saturated carbocycles. The molecule has 11 heavy (non-hydrogen) atoms. The summed E-state index contributed by atoms with van der Waals surface area (Å²) in [6.45, 7) is 0. The number of rotatable bonds is 1. The van der Waals surface area contributed by atoms with Gasteiger partial charge < -0.3 is 4.42 Å². The summed E-state index contributed by atoms with van der Waals surface area (Å²) in [5.74, 6) is 0.815. The fourth-order valence-corrected chi connectivity index (χ4v) is 0.887. The number of furan rings is 1. The van der Waals surface area contributed by atoms with Crippen molar-refractivity contribution in [3.8, 4) is 11.3 Å². The lowest BCUT2D eigenvalue weighted by molar-refractivity contribution is 0.582. The molecule has 2 rings (SSSR count). The van der Waals surface area contributed by atoms with Crippen LogP contribution in [-0.2, 0) is 0 Å². The van der Waals surface area contributed by atoms with Crippen molar-refractivity contribution < 1.29 is 4.42 Å². The second-order valence-electron chi connectivity index (χ2n) is 2.12. The van der Waals surface area contributed by atoms with Crippen LogP contribution in [0.5, 0.6) is 0 Å². The Bertz CT molecular complexity index is 308. The molecule has 0 aliphatic rings. The summed E-state index contributed by atoms with van der Waals surface area (Å²) in [7, 11) is 0. The van der Waals surface area contributed by atoms with Crippen molar-refractivity contribution in [1.29, 1.82) is 0 Å². The smallest absolute Gasteiger partial charge is 0.134 e. The second kappa shape index (κ2) is 2.62. The lowest BCUT2D eigenvalue weighted by Crippen LogP contribution is -1.70. The highest BCUT2D eigenvalue weighted by Gasteiger charge is 1.96. The Morgan fingerprint density at radius 2 is 2.27 bits per heavy atom. The summed E-state index contributed by atoms with van der Waals surface area (Å²) in [5.41, 5.74) is 0.911. The fraction of sp³-hybridized carbons (Fsp3) is 0. The van der Waals surface area contributed by atoms with Gasteiger partial charge >= 0.3 is 0 Å². The number of hydrogen-bond acceptors (Lipinski definition) is 1. The van der Waals surface area contributed by atoms with E-state index in [0.29, 0.717) is 0 Å². The predicted molar refractivity (Wildman–Crippen MR) is 40.7 cm³/mol. The Kier molecular flexibility index (Phi) is 1.48. The Labute approximate surface area is 65.3 Å². The van der Waals surface area contributed by atoms with Crippen LogP contribution in [0.1, 0.15) is 0 Å². The molecule has 1 heteroatoms. The van der Waals surface area contributed by atoms with E-state index >= 15 is 0 Å². The van der Waals surface area contributed by atoms with E-state index < -0.39 is 0 Å². The normalized spacial score (nSPS) is 9.82. The van der Waals surface area contributed by atoms with E-state index in [1.54, 1.807) is 12.3 Å². The van der Waals surface area contributed by atoms with E-state index in [2.05, 4.69) is 18.2 Å². The molecule has 0 fully saturated rings. The first kappa shape index (κ1) is 6.23. The molecule has 0 aliphatic heterocycles. The lowest BCUT2D eigenvalue weighted by atomic mass is 10.2. The first-order chi connectivity index (χ1) is 5.47. The highest BCUT2D eigenvalue weighted by atomic mass is 16.3. The van der Waals surface area contributed by atoms with Crippen LogP contribution in [0.25, 0.3) is 11.3 Å². The summed E-state index contributed by atoms with van der Waals surface area (Å²) >= 11 is 0. The summed E-state index contributed by atoms with van der Waals surface area (Å²) in [5, 5.41) is 0. The van der Waals surface area contributed by atoms with Crippen molar-refractivity contribution in [3.05, 3.63) is 48.7 Å². The van der Waals surface area contributed by atoms with E-state index in [-0.39, 0.29) is 0 Å². The maximum atomic E-state index is 5.15. The van der Waals surface area contributed by atoms with Gasteiger partial charge in [0.1, 0.15) is 5.76 Å². The molecule has 0 N–H and O–H groups in total. The zero-order valence-corrected chi connectivity index (χ0v) is 5.79. The molecule has 2 aromatic rings. The van der Waals surface area contributed by atoms with E-state index in [9.17, 15) is 0 Å². The van der Waals surface area contributed by atoms with Crippen LogP contribution in [-0.4, -0.2) is 0 Å². The third-order valence-corrected chi connectivity index (χ3v) is 1.39. The quantitative estimate of drug-likeness (QED) is 0.594. The molecular formula is C10H5O.